The second kappa shape index (κ2) is 6.41. The van der Waals surface area contributed by atoms with Gasteiger partial charge in [0.15, 0.2) is 16.6 Å². The van der Waals surface area contributed by atoms with Crippen LogP contribution in [0.2, 0.25) is 0 Å². The number of ether oxygens (including phenoxy) is 3. The molecule has 6 nitrogen and oxygen atoms in total. The molecule has 126 valence electrons. The molecule has 1 fully saturated rings. The van der Waals surface area contributed by atoms with E-state index in [1.54, 1.807) is 0 Å². The Bertz CT molecular complexity index is 768. The predicted octanol–water partition coefficient (Wildman–Crippen LogP) is 2.89. The van der Waals surface area contributed by atoms with Gasteiger partial charge in [-0.15, -0.1) is 11.3 Å². The number of thiazole rings is 1. The van der Waals surface area contributed by atoms with E-state index in [9.17, 15) is 4.79 Å². The average molecular weight is 346 g/mol. The van der Waals surface area contributed by atoms with Crippen LogP contribution in [0.5, 0.6) is 11.5 Å². The van der Waals surface area contributed by atoms with Crippen LogP contribution in [-0.4, -0.2) is 30.4 Å². The first kappa shape index (κ1) is 15.4. The third-order valence-corrected chi connectivity index (χ3v) is 5.22. The van der Waals surface area contributed by atoms with Crippen molar-refractivity contribution in [2.24, 2.45) is 0 Å². The van der Waals surface area contributed by atoms with Crippen molar-refractivity contribution in [2.75, 3.05) is 18.7 Å². The lowest BCUT2D eigenvalue weighted by Crippen LogP contribution is -2.26. The molecule has 0 unspecified atom stereocenters. The van der Waals surface area contributed by atoms with Crippen molar-refractivity contribution in [1.29, 1.82) is 0 Å². The zero-order valence-electron chi connectivity index (χ0n) is 13.3. The van der Waals surface area contributed by atoms with E-state index >= 15 is 0 Å². The van der Waals surface area contributed by atoms with Gasteiger partial charge in [-0.05, 0) is 37.5 Å². The summed E-state index contributed by atoms with van der Waals surface area (Å²) in [6.45, 7) is 2.89. The molecule has 1 saturated heterocycles. The number of hydrogen-bond acceptors (Lipinski definition) is 6. The highest BCUT2D eigenvalue weighted by molar-refractivity contribution is 7.15. The second-order valence-electron chi connectivity index (χ2n) is 5.88. The Morgan fingerprint density at radius 1 is 1.38 bits per heavy atom. The molecule has 1 N–H and O–H groups in total. The summed E-state index contributed by atoms with van der Waals surface area (Å²) in [4.78, 5) is 17.7. The Morgan fingerprint density at radius 3 is 3.08 bits per heavy atom. The first-order valence-corrected chi connectivity index (χ1v) is 8.78. The van der Waals surface area contributed by atoms with Gasteiger partial charge in [-0.1, -0.05) is 6.07 Å². The number of nitrogens with one attached hydrogen (secondary N) is 1. The number of anilines is 1. The van der Waals surface area contributed by atoms with Crippen molar-refractivity contribution in [2.45, 2.75) is 32.3 Å². The molecule has 2 aliphatic rings. The first-order chi connectivity index (χ1) is 11.7. The van der Waals surface area contributed by atoms with E-state index in [1.165, 1.54) is 11.3 Å². The Morgan fingerprint density at radius 2 is 2.25 bits per heavy atom. The molecule has 0 bridgehead atoms. The number of hydrogen-bond donors (Lipinski definition) is 1. The molecule has 24 heavy (non-hydrogen) atoms. The average Bonchev–Trinajstić information content (AvgIpc) is 3.29. The smallest absolute Gasteiger partial charge is 0.255 e. The van der Waals surface area contributed by atoms with E-state index in [0.717, 1.165) is 46.9 Å². The van der Waals surface area contributed by atoms with E-state index in [-0.39, 0.29) is 18.8 Å². The van der Waals surface area contributed by atoms with E-state index in [4.69, 9.17) is 14.2 Å². The molecule has 1 aromatic heterocycles. The topological polar surface area (TPSA) is 69.7 Å². The Labute approximate surface area is 143 Å². The largest absolute Gasteiger partial charge is 0.454 e. The maximum Gasteiger partial charge on any atom is 0.255 e. The fraction of sp³-hybridized carbons (Fsp3) is 0.412. The van der Waals surface area contributed by atoms with Crippen LogP contribution in [0, 0.1) is 6.92 Å². The summed E-state index contributed by atoms with van der Waals surface area (Å²) in [6, 6.07) is 5.94. The van der Waals surface area contributed by atoms with Crippen LogP contribution >= 0.6 is 11.3 Å². The van der Waals surface area contributed by atoms with Gasteiger partial charge in [0.05, 0.1) is 5.69 Å². The van der Waals surface area contributed by atoms with Crippen LogP contribution in [0.3, 0.4) is 0 Å². The van der Waals surface area contributed by atoms with Gasteiger partial charge < -0.3 is 14.2 Å². The minimum absolute atomic E-state index is 0.101. The van der Waals surface area contributed by atoms with Gasteiger partial charge >= 0.3 is 0 Å². The van der Waals surface area contributed by atoms with Crippen LogP contribution in [0.25, 0.3) is 0 Å². The van der Waals surface area contributed by atoms with Crippen molar-refractivity contribution in [3.05, 3.63) is 34.3 Å². The monoisotopic (exact) mass is 346 g/mol. The lowest BCUT2D eigenvalue weighted by atomic mass is 10.1. The van der Waals surface area contributed by atoms with Crippen LogP contribution in [0.15, 0.2) is 18.2 Å². The van der Waals surface area contributed by atoms with Crippen LogP contribution < -0.4 is 14.8 Å². The standard InChI is InChI=1S/C17H18N2O4S/c1-10-15(8-11-4-5-12-14(7-11)23-9-22-12)24-17(18-10)19-16(20)13-3-2-6-21-13/h4-5,7,13H,2-3,6,8-9H2,1H3,(H,18,19,20)/t13-/m1/s1. The van der Waals surface area contributed by atoms with E-state index in [2.05, 4.69) is 10.3 Å². The third-order valence-electron chi connectivity index (χ3n) is 4.15. The number of aryl methyl sites for hydroxylation is 1. The molecular formula is C17H18N2O4S. The summed E-state index contributed by atoms with van der Waals surface area (Å²) in [5.41, 5.74) is 2.06. The Kier molecular flexibility index (Phi) is 4.12. The molecule has 4 rings (SSSR count). The molecule has 1 aromatic carbocycles. The second-order valence-corrected chi connectivity index (χ2v) is 6.97. The summed E-state index contributed by atoms with van der Waals surface area (Å²) < 4.78 is 16.2. The maximum absolute atomic E-state index is 12.1. The highest BCUT2D eigenvalue weighted by atomic mass is 32.1. The lowest BCUT2D eigenvalue weighted by Gasteiger charge is -2.07. The molecule has 1 amide bonds. The van der Waals surface area contributed by atoms with Gasteiger partial charge in [-0.3, -0.25) is 10.1 Å². The quantitative estimate of drug-likeness (QED) is 0.922. The molecular weight excluding hydrogens is 328 g/mol. The number of benzene rings is 1. The summed E-state index contributed by atoms with van der Waals surface area (Å²) in [6.07, 6.45) is 2.12. The highest BCUT2D eigenvalue weighted by Gasteiger charge is 2.24. The Hall–Kier alpha value is -2.12. The van der Waals surface area contributed by atoms with Gasteiger partial charge in [0.25, 0.3) is 5.91 Å². The number of carbonyl (C=O) groups is 1. The van der Waals surface area contributed by atoms with Gasteiger partial charge in [0, 0.05) is 17.9 Å². The van der Waals surface area contributed by atoms with Crippen LogP contribution in [0.4, 0.5) is 5.13 Å². The van der Waals surface area contributed by atoms with E-state index in [0.29, 0.717) is 11.7 Å². The molecule has 0 spiro atoms. The van der Waals surface area contributed by atoms with Crippen LogP contribution in [-0.2, 0) is 16.0 Å². The zero-order chi connectivity index (χ0) is 16.5. The number of rotatable bonds is 4. The molecule has 0 aliphatic carbocycles. The summed E-state index contributed by atoms with van der Waals surface area (Å²) in [5, 5.41) is 3.50. The van der Waals surface area contributed by atoms with Gasteiger partial charge in [-0.2, -0.15) is 0 Å². The fourth-order valence-corrected chi connectivity index (χ4v) is 3.85. The number of aromatic nitrogens is 1. The molecule has 2 aromatic rings. The van der Waals surface area contributed by atoms with Gasteiger partial charge in [0.2, 0.25) is 6.79 Å². The number of fused-ring (bicyclic) bond motifs is 1. The number of carbonyl (C=O) groups excluding carboxylic acids is 1. The zero-order valence-corrected chi connectivity index (χ0v) is 14.1. The van der Waals surface area contributed by atoms with E-state index in [1.807, 2.05) is 25.1 Å². The summed E-state index contributed by atoms with van der Waals surface area (Å²) in [7, 11) is 0. The number of nitrogens with zero attached hydrogens (tertiary/aromatic N) is 1. The predicted molar refractivity (Wildman–Crippen MR) is 89.8 cm³/mol. The minimum Gasteiger partial charge on any atom is -0.454 e. The first-order valence-electron chi connectivity index (χ1n) is 7.96. The molecule has 7 heteroatoms. The summed E-state index contributed by atoms with van der Waals surface area (Å²) in [5.74, 6) is 1.46. The van der Waals surface area contributed by atoms with Gasteiger partial charge in [0.1, 0.15) is 6.10 Å². The highest BCUT2D eigenvalue weighted by Crippen LogP contribution is 2.34. The molecule has 0 saturated carbocycles. The SMILES string of the molecule is Cc1nc(NC(=O)[C@H]2CCCO2)sc1Cc1ccc2c(c1)OCO2. The summed E-state index contributed by atoms with van der Waals surface area (Å²) >= 11 is 1.50. The maximum atomic E-state index is 12.1. The molecule has 2 aliphatic heterocycles. The fourth-order valence-electron chi connectivity index (χ4n) is 2.85. The molecule has 1 atom stereocenters. The Balaban J connectivity index is 1.46. The number of amides is 1. The van der Waals surface area contributed by atoms with Crippen molar-refractivity contribution in [3.8, 4) is 11.5 Å². The third kappa shape index (κ3) is 3.09. The van der Waals surface area contributed by atoms with Crippen molar-refractivity contribution >= 4 is 22.4 Å². The van der Waals surface area contributed by atoms with Crippen molar-refractivity contribution < 1.29 is 19.0 Å². The van der Waals surface area contributed by atoms with E-state index < -0.39 is 0 Å². The minimum atomic E-state index is -0.341. The normalized spacial score (nSPS) is 18.8. The van der Waals surface area contributed by atoms with Crippen molar-refractivity contribution in [3.63, 3.8) is 0 Å². The van der Waals surface area contributed by atoms with Crippen molar-refractivity contribution in [1.82, 2.24) is 4.98 Å². The van der Waals surface area contributed by atoms with Crippen LogP contribution in [0.1, 0.15) is 29.0 Å². The lowest BCUT2D eigenvalue weighted by molar-refractivity contribution is -0.124. The van der Waals surface area contributed by atoms with Gasteiger partial charge in [-0.25, -0.2) is 4.98 Å². The molecule has 0 radical (unpaired) electrons. The molecule has 3 heterocycles.